The Bertz CT molecular complexity index is 1090. The number of rotatable bonds is 4. The van der Waals surface area contributed by atoms with Crippen molar-refractivity contribution in [3.63, 3.8) is 0 Å². The van der Waals surface area contributed by atoms with Crippen LogP contribution >= 0.6 is 45.8 Å². The Hall–Kier alpha value is -1.97. The molecule has 0 fully saturated rings. The van der Waals surface area contributed by atoms with Gasteiger partial charge in [0.1, 0.15) is 11.5 Å². The molecule has 1 amide bonds. The van der Waals surface area contributed by atoms with Gasteiger partial charge in [-0.15, -0.1) is 0 Å². The van der Waals surface area contributed by atoms with Gasteiger partial charge in [-0.25, -0.2) is 0 Å². The van der Waals surface area contributed by atoms with E-state index < -0.39 is 17.6 Å². The van der Waals surface area contributed by atoms with Crippen molar-refractivity contribution in [2.75, 3.05) is 5.32 Å². The molecule has 0 aliphatic carbocycles. The van der Waals surface area contributed by atoms with E-state index in [4.69, 9.17) is 27.6 Å². The van der Waals surface area contributed by atoms with Gasteiger partial charge in [0.15, 0.2) is 0 Å². The molecule has 3 rings (SSSR count). The van der Waals surface area contributed by atoms with Crippen molar-refractivity contribution in [1.82, 2.24) is 0 Å². The van der Waals surface area contributed by atoms with Crippen LogP contribution in [-0.4, -0.2) is 5.91 Å². The van der Waals surface area contributed by atoms with Crippen LogP contribution in [0.1, 0.15) is 11.3 Å². The Balaban J connectivity index is 1.76. The number of benzene rings is 2. The number of hydrogen-bond donors (Lipinski definition) is 1. The van der Waals surface area contributed by atoms with Crippen LogP contribution in [0.2, 0.25) is 10.0 Å². The number of hydrogen-bond acceptors (Lipinski definition) is 2. The normalized spacial score (nSPS) is 11.8. The van der Waals surface area contributed by atoms with E-state index in [0.29, 0.717) is 30.7 Å². The summed E-state index contributed by atoms with van der Waals surface area (Å²) in [5.41, 5.74) is -0.655. The van der Waals surface area contributed by atoms with Crippen molar-refractivity contribution >= 4 is 63.5 Å². The zero-order chi connectivity index (χ0) is 21.2. The number of amides is 1. The Morgan fingerprint density at radius 1 is 1.10 bits per heavy atom. The lowest BCUT2D eigenvalue weighted by Gasteiger charge is -2.13. The lowest BCUT2D eigenvalue weighted by atomic mass is 10.1. The van der Waals surface area contributed by atoms with Gasteiger partial charge in [0, 0.05) is 15.2 Å². The molecule has 1 heterocycles. The Morgan fingerprint density at radius 3 is 2.59 bits per heavy atom. The highest BCUT2D eigenvalue weighted by atomic mass is 127. The molecule has 29 heavy (non-hydrogen) atoms. The summed E-state index contributed by atoms with van der Waals surface area (Å²) < 4.78 is 45.5. The van der Waals surface area contributed by atoms with Crippen molar-refractivity contribution in [1.29, 1.82) is 0 Å². The van der Waals surface area contributed by atoms with Gasteiger partial charge < -0.3 is 9.73 Å². The fourth-order valence-corrected chi connectivity index (χ4v) is 3.36. The highest BCUT2D eigenvalue weighted by Gasteiger charge is 2.34. The first kappa shape index (κ1) is 21.7. The zero-order valence-corrected chi connectivity index (χ0v) is 18.0. The van der Waals surface area contributed by atoms with E-state index in [0.717, 1.165) is 12.1 Å². The third-order valence-corrected chi connectivity index (χ3v) is 5.28. The molecule has 0 radical (unpaired) electrons. The molecule has 0 saturated carbocycles. The van der Waals surface area contributed by atoms with Crippen molar-refractivity contribution in [2.24, 2.45) is 0 Å². The van der Waals surface area contributed by atoms with Crippen molar-refractivity contribution in [3.05, 3.63) is 79.5 Å². The van der Waals surface area contributed by atoms with Gasteiger partial charge >= 0.3 is 6.18 Å². The average molecular weight is 552 g/mol. The first-order valence-electron chi connectivity index (χ1n) is 8.05. The maximum absolute atomic E-state index is 13.1. The van der Waals surface area contributed by atoms with E-state index >= 15 is 0 Å². The average Bonchev–Trinajstić information content (AvgIpc) is 3.12. The fourth-order valence-electron chi connectivity index (χ4n) is 2.47. The SMILES string of the molecule is O=C(C=Cc1ccc(-c2cccc(Cl)c2Cl)o1)Nc1ccc(I)cc1C(F)(F)F. The third-order valence-electron chi connectivity index (χ3n) is 3.79. The van der Waals surface area contributed by atoms with E-state index in [1.165, 1.54) is 18.2 Å². The molecule has 0 unspecified atom stereocenters. The minimum absolute atomic E-state index is 0.321. The number of furan rings is 1. The number of carbonyl (C=O) groups excluding carboxylic acids is 1. The first-order chi connectivity index (χ1) is 13.6. The second kappa shape index (κ2) is 8.81. The highest BCUT2D eigenvalue weighted by Crippen LogP contribution is 2.36. The molecule has 3 aromatic rings. The van der Waals surface area contributed by atoms with Crippen LogP contribution in [0.3, 0.4) is 0 Å². The summed E-state index contributed by atoms with van der Waals surface area (Å²) in [7, 11) is 0. The van der Waals surface area contributed by atoms with Gasteiger partial charge in [0.05, 0.1) is 21.3 Å². The van der Waals surface area contributed by atoms with Gasteiger partial charge in [0.2, 0.25) is 5.91 Å². The zero-order valence-electron chi connectivity index (χ0n) is 14.4. The van der Waals surface area contributed by atoms with E-state index in [2.05, 4.69) is 5.32 Å². The Kier molecular flexibility index (Phi) is 6.60. The molecule has 3 nitrogen and oxygen atoms in total. The first-order valence-corrected chi connectivity index (χ1v) is 9.88. The van der Waals surface area contributed by atoms with Crippen molar-refractivity contribution in [2.45, 2.75) is 6.18 Å². The molecule has 0 aliphatic rings. The number of halogens is 6. The van der Waals surface area contributed by atoms with Gasteiger partial charge in [-0.1, -0.05) is 29.3 Å². The standard InChI is InChI=1S/C20H11Cl2F3INO2/c21-15-3-1-2-13(19(15)22)17-8-5-12(29-17)6-9-18(28)27-16-7-4-11(26)10-14(16)20(23,24)25/h1-10H,(H,27,28). The molecule has 0 atom stereocenters. The molecular weight excluding hydrogens is 541 g/mol. The third kappa shape index (κ3) is 5.34. The number of anilines is 1. The number of alkyl halides is 3. The molecule has 0 bridgehead atoms. The molecular formula is C20H11Cl2F3INO2. The van der Waals surface area contributed by atoms with Gasteiger partial charge in [-0.05, 0) is 71.1 Å². The van der Waals surface area contributed by atoms with Crippen LogP contribution in [0.4, 0.5) is 18.9 Å². The predicted molar refractivity (Wildman–Crippen MR) is 116 cm³/mol. The lowest BCUT2D eigenvalue weighted by Crippen LogP contribution is -2.14. The molecule has 150 valence electrons. The predicted octanol–water partition coefficient (Wildman–Crippen LogP) is 7.53. The van der Waals surface area contributed by atoms with E-state index in [9.17, 15) is 18.0 Å². The second-order valence-corrected chi connectivity index (χ2v) is 7.84. The summed E-state index contributed by atoms with van der Waals surface area (Å²) in [6, 6.07) is 12.0. The summed E-state index contributed by atoms with van der Waals surface area (Å²) in [4.78, 5) is 12.1. The van der Waals surface area contributed by atoms with Crippen LogP contribution in [0, 0.1) is 3.57 Å². The minimum Gasteiger partial charge on any atom is -0.457 e. The summed E-state index contributed by atoms with van der Waals surface area (Å²) in [5.74, 6) is 0.0369. The van der Waals surface area contributed by atoms with Gasteiger partial charge in [-0.2, -0.15) is 13.2 Å². The maximum Gasteiger partial charge on any atom is 0.418 e. The van der Waals surface area contributed by atoms with Gasteiger partial charge in [-0.3, -0.25) is 4.79 Å². The lowest BCUT2D eigenvalue weighted by molar-refractivity contribution is -0.137. The van der Waals surface area contributed by atoms with Crippen LogP contribution in [-0.2, 0) is 11.0 Å². The molecule has 1 N–H and O–H groups in total. The van der Waals surface area contributed by atoms with Crippen molar-refractivity contribution < 1.29 is 22.4 Å². The Morgan fingerprint density at radius 2 is 1.86 bits per heavy atom. The highest BCUT2D eigenvalue weighted by molar-refractivity contribution is 14.1. The van der Waals surface area contributed by atoms with E-state index in [-0.39, 0.29) is 5.69 Å². The molecule has 0 spiro atoms. The van der Waals surface area contributed by atoms with E-state index in [1.807, 2.05) is 0 Å². The molecule has 0 saturated heterocycles. The van der Waals surface area contributed by atoms with Gasteiger partial charge in [0.25, 0.3) is 0 Å². The topological polar surface area (TPSA) is 42.2 Å². The second-order valence-electron chi connectivity index (χ2n) is 5.81. The summed E-state index contributed by atoms with van der Waals surface area (Å²) in [6.45, 7) is 0. The molecule has 2 aromatic carbocycles. The fraction of sp³-hybridized carbons (Fsp3) is 0.0500. The van der Waals surface area contributed by atoms with Crippen LogP contribution in [0.25, 0.3) is 17.4 Å². The number of nitrogens with one attached hydrogen (secondary N) is 1. The summed E-state index contributed by atoms with van der Waals surface area (Å²) in [5, 5.41) is 2.94. The monoisotopic (exact) mass is 551 g/mol. The minimum atomic E-state index is -4.58. The van der Waals surface area contributed by atoms with Crippen LogP contribution in [0.15, 0.2) is 59.0 Å². The van der Waals surface area contributed by atoms with Crippen LogP contribution < -0.4 is 5.32 Å². The van der Waals surface area contributed by atoms with Crippen LogP contribution in [0.5, 0.6) is 0 Å². The quantitative estimate of drug-likeness (QED) is 0.269. The summed E-state index contributed by atoms with van der Waals surface area (Å²) >= 11 is 13.9. The van der Waals surface area contributed by atoms with E-state index in [1.54, 1.807) is 52.9 Å². The number of carbonyl (C=O) groups is 1. The molecule has 9 heteroatoms. The van der Waals surface area contributed by atoms with Crippen molar-refractivity contribution in [3.8, 4) is 11.3 Å². The molecule has 1 aromatic heterocycles. The maximum atomic E-state index is 13.1. The Labute approximate surface area is 187 Å². The largest absolute Gasteiger partial charge is 0.457 e. The summed E-state index contributed by atoms with van der Waals surface area (Å²) in [6.07, 6.45) is -2.16. The smallest absolute Gasteiger partial charge is 0.418 e. The molecule has 0 aliphatic heterocycles.